The fourth-order valence-electron chi connectivity index (χ4n) is 1.96. The molecule has 0 aromatic carbocycles. The monoisotopic (exact) mass is 242 g/mol. The number of nitrogens with two attached hydrogens (primary N) is 1. The molecule has 1 fully saturated rings. The molecule has 0 unspecified atom stereocenters. The average molecular weight is 242 g/mol. The van der Waals surface area contributed by atoms with Crippen molar-refractivity contribution in [1.29, 1.82) is 0 Å². The summed E-state index contributed by atoms with van der Waals surface area (Å²) in [7, 11) is 4.00. The van der Waals surface area contributed by atoms with Crippen LogP contribution in [0, 0.1) is 0 Å². The molecule has 2 amide bonds. The van der Waals surface area contributed by atoms with Gasteiger partial charge in [-0.15, -0.1) is 0 Å². The number of nitrogens with zero attached hydrogens (tertiary/aromatic N) is 1. The van der Waals surface area contributed by atoms with Gasteiger partial charge in [-0.1, -0.05) is 0 Å². The van der Waals surface area contributed by atoms with Gasteiger partial charge < -0.3 is 21.3 Å². The van der Waals surface area contributed by atoms with E-state index in [2.05, 4.69) is 15.5 Å². The van der Waals surface area contributed by atoms with Crippen molar-refractivity contribution in [2.75, 3.05) is 33.7 Å². The Balaban J connectivity index is 2.34. The van der Waals surface area contributed by atoms with Crippen molar-refractivity contribution >= 4 is 11.8 Å². The zero-order valence-corrected chi connectivity index (χ0v) is 10.6. The predicted octanol–water partition coefficient (Wildman–Crippen LogP) is -1.34. The highest BCUT2D eigenvalue weighted by Crippen LogP contribution is 2.35. The smallest absolute Gasteiger partial charge is 0.309 e. The SMILES string of the molecule is CN(C)C1(CNC(=O)C(=O)NCCN)CCC1. The number of amides is 2. The van der Waals surface area contributed by atoms with Gasteiger partial charge in [-0.2, -0.15) is 0 Å². The van der Waals surface area contributed by atoms with Crippen LogP contribution in [0.15, 0.2) is 0 Å². The number of rotatable bonds is 5. The summed E-state index contributed by atoms with van der Waals surface area (Å²) < 4.78 is 0. The van der Waals surface area contributed by atoms with Crippen molar-refractivity contribution < 1.29 is 9.59 Å². The molecule has 17 heavy (non-hydrogen) atoms. The molecule has 0 aromatic heterocycles. The maximum atomic E-state index is 11.5. The van der Waals surface area contributed by atoms with Crippen LogP contribution in [0.5, 0.6) is 0 Å². The summed E-state index contributed by atoms with van der Waals surface area (Å²) in [4.78, 5) is 24.9. The molecule has 6 nitrogen and oxygen atoms in total. The molecule has 0 bridgehead atoms. The van der Waals surface area contributed by atoms with Gasteiger partial charge in [-0.05, 0) is 33.4 Å². The summed E-state index contributed by atoms with van der Waals surface area (Å²) in [6, 6.07) is 0. The molecule has 4 N–H and O–H groups in total. The minimum atomic E-state index is -0.608. The molecule has 98 valence electrons. The van der Waals surface area contributed by atoms with Crippen molar-refractivity contribution in [3.05, 3.63) is 0 Å². The lowest BCUT2D eigenvalue weighted by Gasteiger charge is -2.47. The van der Waals surface area contributed by atoms with E-state index in [1.54, 1.807) is 0 Å². The highest BCUT2D eigenvalue weighted by atomic mass is 16.2. The van der Waals surface area contributed by atoms with Gasteiger partial charge in [0, 0.05) is 25.2 Å². The molecule has 0 radical (unpaired) electrons. The van der Waals surface area contributed by atoms with Crippen LogP contribution in [0.25, 0.3) is 0 Å². The Morgan fingerprint density at radius 1 is 1.24 bits per heavy atom. The number of nitrogens with one attached hydrogen (secondary N) is 2. The van der Waals surface area contributed by atoms with Gasteiger partial charge in [0.25, 0.3) is 0 Å². The summed E-state index contributed by atoms with van der Waals surface area (Å²) in [5.74, 6) is -1.18. The zero-order chi connectivity index (χ0) is 12.9. The second-order valence-corrected chi connectivity index (χ2v) is 4.70. The largest absolute Gasteiger partial charge is 0.347 e. The van der Waals surface area contributed by atoms with Gasteiger partial charge in [0.2, 0.25) is 0 Å². The number of hydrogen-bond donors (Lipinski definition) is 3. The third-order valence-electron chi connectivity index (χ3n) is 3.45. The van der Waals surface area contributed by atoms with Crippen molar-refractivity contribution in [1.82, 2.24) is 15.5 Å². The van der Waals surface area contributed by atoms with Gasteiger partial charge in [0.15, 0.2) is 0 Å². The first-order valence-electron chi connectivity index (χ1n) is 5.95. The number of carbonyl (C=O) groups is 2. The van der Waals surface area contributed by atoms with Crippen molar-refractivity contribution in [3.63, 3.8) is 0 Å². The van der Waals surface area contributed by atoms with E-state index in [0.717, 1.165) is 12.8 Å². The second-order valence-electron chi connectivity index (χ2n) is 4.70. The Bertz CT molecular complexity index is 287. The molecular weight excluding hydrogens is 220 g/mol. The van der Waals surface area contributed by atoms with Gasteiger partial charge >= 0.3 is 11.8 Å². The van der Waals surface area contributed by atoms with Crippen LogP contribution in [0.2, 0.25) is 0 Å². The topological polar surface area (TPSA) is 87.5 Å². The van der Waals surface area contributed by atoms with Crippen molar-refractivity contribution in [3.8, 4) is 0 Å². The summed E-state index contributed by atoms with van der Waals surface area (Å²) in [5, 5.41) is 5.13. The van der Waals surface area contributed by atoms with E-state index in [1.165, 1.54) is 6.42 Å². The lowest BCUT2D eigenvalue weighted by Crippen LogP contribution is -2.58. The number of likely N-dealkylation sites (N-methyl/N-ethyl adjacent to an activating group) is 1. The third-order valence-corrected chi connectivity index (χ3v) is 3.45. The molecule has 1 saturated carbocycles. The van der Waals surface area contributed by atoms with Crippen LogP contribution >= 0.6 is 0 Å². The Kier molecular flexibility index (Phi) is 4.89. The average Bonchev–Trinajstić information content (AvgIpc) is 2.23. The summed E-state index contributed by atoms with van der Waals surface area (Å²) in [6.07, 6.45) is 3.29. The van der Waals surface area contributed by atoms with Gasteiger partial charge in [-0.3, -0.25) is 9.59 Å². The zero-order valence-electron chi connectivity index (χ0n) is 10.6. The van der Waals surface area contributed by atoms with Gasteiger partial charge in [0.05, 0.1) is 0 Å². The highest BCUT2D eigenvalue weighted by Gasteiger charge is 2.39. The maximum Gasteiger partial charge on any atom is 0.309 e. The number of hydrogen-bond acceptors (Lipinski definition) is 4. The molecule has 0 aromatic rings. The molecule has 1 rings (SSSR count). The second kappa shape index (κ2) is 5.97. The molecular formula is C11H22N4O2. The minimum absolute atomic E-state index is 0.0316. The summed E-state index contributed by atoms with van der Waals surface area (Å²) in [6.45, 7) is 1.18. The van der Waals surface area contributed by atoms with E-state index in [-0.39, 0.29) is 5.54 Å². The third kappa shape index (κ3) is 3.41. The first-order valence-corrected chi connectivity index (χ1v) is 5.95. The number of carbonyl (C=O) groups excluding carboxylic acids is 2. The minimum Gasteiger partial charge on any atom is -0.347 e. The van der Waals surface area contributed by atoms with Crippen LogP contribution in [0.4, 0.5) is 0 Å². The molecule has 0 saturated heterocycles. The van der Waals surface area contributed by atoms with E-state index in [0.29, 0.717) is 19.6 Å². The van der Waals surface area contributed by atoms with Crippen LogP contribution in [0.1, 0.15) is 19.3 Å². The summed E-state index contributed by atoms with van der Waals surface area (Å²) in [5.41, 5.74) is 5.27. The first-order chi connectivity index (χ1) is 8.02. The van der Waals surface area contributed by atoms with E-state index in [4.69, 9.17) is 5.73 Å². The Morgan fingerprint density at radius 3 is 2.24 bits per heavy atom. The molecule has 1 aliphatic carbocycles. The normalized spacial score (nSPS) is 17.4. The Morgan fingerprint density at radius 2 is 1.82 bits per heavy atom. The highest BCUT2D eigenvalue weighted by molar-refractivity contribution is 6.35. The van der Waals surface area contributed by atoms with Crippen molar-refractivity contribution in [2.24, 2.45) is 5.73 Å². The van der Waals surface area contributed by atoms with E-state index >= 15 is 0 Å². The standard InChI is InChI=1S/C11H22N4O2/c1-15(2)11(4-3-5-11)8-14-10(17)9(16)13-7-6-12/h3-8,12H2,1-2H3,(H,13,16)(H,14,17). The maximum absolute atomic E-state index is 11.5. The van der Waals surface area contributed by atoms with E-state index < -0.39 is 11.8 Å². The fraction of sp³-hybridized carbons (Fsp3) is 0.818. The molecule has 0 aliphatic heterocycles. The van der Waals surface area contributed by atoms with Crippen LogP contribution in [-0.4, -0.2) is 56.0 Å². The lowest BCUT2D eigenvalue weighted by molar-refractivity contribution is -0.139. The molecule has 1 aliphatic rings. The molecule has 0 atom stereocenters. The first kappa shape index (κ1) is 13.9. The van der Waals surface area contributed by atoms with Crippen LogP contribution in [-0.2, 0) is 9.59 Å². The Labute approximate surface area is 102 Å². The van der Waals surface area contributed by atoms with Crippen LogP contribution in [0.3, 0.4) is 0 Å². The predicted molar refractivity (Wildman–Crippen MR) is 65.3 cm³/mol. The lowest BCUT2D eigenvalue weighted by atomic mass is 9.75. The van der Waals surface area contributed by atoms with E-state index in [9.17, 15) is 9.59 Å². The quantitative estimate of drug-likeness (QED) is 0.521. The molecule has 0 spiro atoms. The fourth-order valence-corrected chi connectivity index (χ4v) is 1.96. The summed E-state index contributed by atoms with van der Waals surface area (Å²) >= 11 is 0. The molecule has 0 heterocycles. The van der Waals surface area contributed by atoms with Gasteiger partial charge in [0.1, 0.15) is 0 Å². The van der Waals surface area contributed by atoms with E-state index in [1.807, 2.05) is 14.1 Å². The van der Waals surface area contributed by atoms with Crippen LogP contribution < -0.4 is 16.4 Å². The molecule has 6 heteroatoms. The van der Waals surface area contributed by atoms with Crippen molar-refractivity contribution in [2.45, 2.75) is 24.8 Å². The Hall–Kier alpha value is -1.14. The van der Waals surface area contributed by atoms with Gasteiger partial charge in [-0.25, -0.2) is 0 Å².